The zero-order valence-corrected chi connectivity index (χ0v) is 15.3. The van der Waals surface area contributed by atoms with Crippen LogP contribution in [0.5, 0.6) is 0 Å². The van der Waals surface area contributed by atoms with Gasteiger partial charge in [0.2, 0.25) is 0 Å². The van der Waals surface area contributed by atoms with Crippen molar-refractivity contribution in [1.29, 1.82) is 0 Å². The average Bonchev–Trinajstić information content (AvgIpc) is 3.35. The second kappa shape index (κ2) is 7.81. The van der Waals surface area contributed by atoms with E-state index in [0.717, 1.165) is 26.1 Å². The Morgan fingerprint density at radius 2 is 1.92 bits per heavy atom. The lowest BCUT2D eigenvalue weighted by Gasteiger charge is -2.17. The molecule has 1 N–H and O–H groups in total. The molecule has 5 heteroatoms. The molecule has 0 radical (unpaired) electrons. The molecule has 1 atom stereocenters. The van der Waals surface area contributed by atoms with Gasteiger partial charge in [-0.2, -0.15) is 11.3 Å². The number of benzene rings is 1. The lowest BCUT2D eigenvalue weighted by Crippen LogP contribution is -2.36. The van der Waals surface area contributed by atoms with Crippen LogP contribution in [0.1, 0.15) is 22.3 Å². The van der Waals surface area contributed by atoms with Gasteiger partial charge in [-0.25, -0.2) is 0 Å². The van der Waals surface area contributed by atoms with Crippen molar-refractivity contribution >= 4 is 17.2 Å². The highest BCUT2D eigenvalue weighted by atomic mass is 32.1. The summed E-state index contributed by atoms with van der Waals surface area (Å²) in [6.45, 7) is 2.82. The minimum Gasteiger partial charge on any atom is -0.348 e. The standard InChI is InChI=1S/C21H21N3OS/c25-21(18-5-9-22-10-6-18)23-20-7-11-24(14-20)13-16-1-3-17(4-2-16)19-8-12-26-15-19/h1-6,8-10,12,15,20H,7,11,13-14H2,(H,23,25). The molecule has 0 aliphatic carbocycles. The van der Waals surface area contributed by atoms with Crippen LogP contribution in [-0.4, -0.2) is 34.9 Å². The van der Waals surface area contributed by atoms with Crippen molar-refractivity contribution in [3.8, 4) is 11.1 Å². The van der Waals surface area contributed by atoms with Crippen LogP contribution in [-0.2, 0) is 6.54 Å². The second-order valence-electron chi connectivity index (χ2n) is 6.64. The van der Waals surface area contributed by atoms with Gasteiger partial charge in [-0.05, 0) is 52.1 Å². The first-order valence-corrected chi connectivity index (χ1v) is 9.77. The van der Waals surface area contributed by atoms with Crippen LogP contribution >= 0.6 is 11.3 Å². The Labute approximate surface area is 157 Å². The van der Waals surface area contributed by atoms with Gasteiger partial charge in [0, 0.05) is 43.6 Å². The van der Waals surface area contributed by atoms with E-state index >= 15 is 0 Å². The van der Waals surface area contributed by atoms with Gasteiger partial charge < -0.3 is 5.32 Å². The van der Waals surface area contributed by atoms with Gasteiger partial charge in [0.1, 0.15) is 0 Å². The molecule has 1 aliphatic rings. The third-order valence-electron chi connectivity index (χ3n) is 4.76. The number of carbonyl (C=O) groups excluding carboxylic acids is 1. The molecule has 1 unspecified atom stereocenters. The zero-order chi connectivity index (χ0) is 17.8. The van der Waals surface area contributed by atoms with E-state index in [0.29, 0.717) is 5.56 Å². The molecule has 1 aromatic carbocycles. The molecule has 2 aromatic heterocycles. The molecule has 1 saturated heterocycles. The Hall–Kier alpha value is -2.50. The first kappa shape index (κ1) is 16.9. The fourth-order valence-electron chi connectivity index (χ4n) is 3.36. The molecule has 3 aromatic rings. The normalized spacial score (nSPS) is 17.3. The van der Waals surface area contributed by atoms with Crippen LogP contribution < -0.4 is 5.32 Å². The van der Waals surface area contributed by atoms with Crippen LogP contribution in [0.25, 0.3) is 11.1 Å². The minimum absolute atomic E-state index is 0.0145. The molecule has 0 saturated carbocycles. The molecule has 0 bridgehead atoms. The Kier molecular flexibility index (Phi) is 5.09. The smallest absolute Gasteiger partial charge is 0.251 e. The number of carbonyl (C=O) groups is 1. The number of nitrogens with zero attached hydrogens (tertiary/aromatic N) is 2. The van der Waals surface area contributed by atoms with E-state index < -0.39 is 0 Å². The van der Waals surface area contributed by atoms with Crippen LogP contribution in [0.15, 0.2) is 65.6 Å². The van der Waals surface area contributed by atoms with E-state index in [1.807, 2.05) is 0 Å². The molecular weight excluding hydrogens is 342 g/mol. The number of hydrogen-bond donors (Lipinski definition) is 1. The fraction of sp³-hybridized carbons (Fsp3) is 0.238. The SMILES string of the molecule is O=C(NC1CCN(Cc2ccc(-c3ccsc3)cc2)C1)c1ccncc1. The Bertz CT molecular complexity index is 847. The van der Waals surface area contributed by atoms with E-state index in [9.17, 15) is 4.79 Å². The van der Waals surface area contributed by atoms with Crippen molar-refractivity contribution in [3.63, 3.8) is 0 Å². The van der Waals surface area contributed by atoms with Crippen molar-refractivity contribution in [1.82, 2.24) is 15.2 Å². The lowest BCUT2D eigenvalue weighted by atomic mass is 10.1. The van der Waals surface area contributed by atoms with Crippen LogP contribution in [0.3, 0.4) is 0 Å². The van der Waals surface area contributed by atoms with Crippen molar-refractivity contribution < 1.29 is 4.79 Å². The molecule has 1 amide bonds. The summed E-state index contributed by atoms with van der Waals surface area (Å²) in [4.78, 5) is 18.6. The summed E-state index contributed by atoms with van der Waals surface area (Å²) in [6.07, 6.45) is 4.29. The lowest BCUT2D eigenvalue weighted by molar-refractivity contribution is 0.0937. The summed E-state index contributed by atoms with van der Waals surface area (Å²) in [7, 11) is 0. The van der Waals surface area contributed by atoms with Gasteiger partial charge in [-0.15, -0.1) is 0 Å². The van der Waals surface area contributed by atoms with Crippen LogP contribution in [0, 0.1) is 0 Å². The van der Waals surface area contributed by atoms with Crippen molar-refractivity contribution in [3.05, 3.63) is 76.7 Å². The first-order valence-electron chi connectivity index (χ1n) is 8.83. The number of rotatable bonds is 5. The molecule has 4 rings (SSSR count). The topological polar surface area (TPSA) is 45.2 Å². The number of aromatic nitrogens is 1. The predicted molar refractivity (Wildman–Crippen MR) is 105 cm³/mol. The summed E-state index contributed by atoms with van der Waals surface area (Å²) in [5.41, 5.74) is 4.52. The number of nitrogens with one attached hydrogen (secondary N) is 1. The molecule has 26 heavy (non-hydrogen) atoms. The van der Waals surface area contributed by atoms with Crippen molar-refractivity contribution in [2.75, 3.05) is 13.1 Å². The summed E-state index contributed by atoms with van der Waals surface area (Å²) < 4.78 is 0. The molecule has 1 fully saturated rings. The molecular formula is C21H21N3OS. The van der Waals surface area contributed by atoms with Gasteiger partial charge in [-0.1, -0.05) is 24.3 Å². The number of amides is 1. The van der Waals surface area contributed by atoms with Crippen molar-refractivity contribution in [2.24, 2.45) is 0 Å². The summed E-state index contributed by atoms with van der Waals surface area (Å²) in [5, 5.41) is 7.41. The maximum absolute atomic E-state index is 12.3. The van der Waals surface area contributed by atoms with Gasteiger partial charge in [0.05, 0.1) is 0 Å². The summed E-state index contributed by atoms with van der Waals surface area (Å²) in [5.74, 6) is -0.0145. The van der Waals surface area contributed by atoms with E-state index in [-0.39, 0.29) is 11.9 Å². The maximum atomic E-state index is 12.3. The molecule has 1 aliphatic heterocycles. The second-order valence-corrected chi connectivity index (χ2v) is 7.42. The Morgan fingerprint density at radius 3 is 2.65 bits per heavy atom. The van der Waals surface area contributed by atoms with E-state index in [2.05, 4.69) is 56.3 Å². The van der Waals surface area contributed by atoms with E-state index in [4.69, 9.17) is 0 Å². The average molecular weight is 363 g/mol. The van der Waals surface area contributed by atoms with Crippen LogP contribution in [0.4, 0.5) is 0 Å². The fourth-order valence-corrected chi connectivity index (χ4v) is 4.02. The van der Waals surface area contributed by atoms with Crippen LogP contribution in [0.2, 0.25) is 0 Å². The van der Waals surface area contributed by atoms with Gasteiger partial charge in [0.15, 0.2) is 0 Å². The van der Waals surface area contributed by atoms with Gasteiger partial charge >= 0.3 is 0 Å². The molecule has 3 heterocycles. The highest BCUT2D eigenvalue weighted by molar-refractivity contribution is 7.08. The molecule has 0 spiro atoms. The molecule has 4 nitrogen and oxygen atoms in total. The minimum atomic E-state index is -0.0145. The number of thiophene rings is 1. The number of pyridine rings is 1. The van der Waals surface area contributed by atoms with Gasteiger partial charge in [-0.3, -0.25) is 14.7 Å². The Morgan fingerprint density at radius 1 is 1.12 bits per heavy atom. The number of hydrogen-bond acceptors (Lipinski definition) is 4. The quantitative estimate of drug-likeness (QED) is 0.750. The first-order chi connectivity index (χ1) is 12.8. The van der Waals surface area contributed by atoms with Crippen molar-refractivity contribution in [2.45, 2.75) is 19.0 Å². The highest BCUT2D eigenvalue weighted by Gasteiger charge is 2.24. The summed E-state index contributed by atoms with van der Waals surface area (Å²) in [6, 6.07) is 14.6. The predicted octanol–water partition coefficient (Wildman–Crippen LogP) is 3.81. The maximum Gasteiger partial charge on any atom is 0.251 e. The number of likely N-dealkylation sites (tertiary alicyclic amines) is 1. The monoisotopic (exact) mass is 363 g/mol. The van der Waals surface area contributed by atoms with E-state index in [1.165, 1.54) is 16.7 Å². The summed E-state index contributed by atoms with van der Waals surface area (Å²) >= 11 is 1.72. The largest absolute Gasteiger partial charge is 0.348 e. The van der Waals surface area contributed by atoms with E-state index in [1.54, 1.807) is 35.9 Å². The third-order valence-corrected chi connectivity index (χ3v) is 5.45. The van der Waals surface area contributed by atoms with Gasteiger partial charge in [0.25, 0.3) is 5.91 Å². The molecule has 132 valence electrons. The highest BCUT2D eigenvalue weighted by Crippen LogP contribution is 2.23. The Balaban J connectivity index is 1.31. The zero-order valence-electron chi connectivity index (χ0n) is 14.5. The third kappa shape index (κ3) is 4.00.